The van der Waals surface area contributed by atoms with Crippen LogP contribution in [0, 0.1) is 0 Å². The number of furan rings is 1. The third-order valence-electron chi connectivity index (χ3n) is 3.26. The number of hydrogen-bond acceptors (Lipinski definition) is 4. The molecule has 0 spiro atoms. The number of nitrogens with one attached hydrogen (secondary N) is 1. The van der Waals surface area contributed by atoms with Gasteiger partial charge in [0.25, 0.3) is 5.91 Å². The van der Waals surface area contributed by atoms with E-state index in [1.807, 2.05) is 6.07 Å². The molecule has 0 aliphatic heterocycles. The van der Waals surface area contributed by atoms with Crippen LogP contribution in [0.4, 0.5) is 0 Å². The summed E-state index contributed by atoms with van der Waals surface area (Å²) in [5.41, 5.74) is 0.527. The van der Waals surface area contributed by atoms with E-state index in [9.17, 15) is 9.59 Å². The topological polar surface area (TPSA) is 77.4 Å². The lowest BCUT2D eigenvalue weighted by molar-refractivity contribution is 0.0928. The highest BCUT2D eigenvalue weighted by molar-refractivity contribution is 5.98. The van der Waals surface area contributed by atoms with E-state index < -0.39 is 11.5 Å². The van der Waals surface area contributed by atoms with Crippen molar-refractivity contribution in [2.45, 2.75) is 6.54 Å². The summed E-state index contributed by atoms with van der Waals surface area (Å²) in [7, 11) is 1.52. The molecule has 2 heterocycles. The van der Waals surface area contributed by atoms with E-state index in [0.717, 1.165) is 0 Å². The number of rotatable bonds is 4. The molecule has 6 heteroatoms. The maximum atomic E-state index is 12.4. The van der Waals surface area contributed by atoms with Crippen LogP contribution in [0.3, 0.4) is 0 Å². The molecule has 3 aromatic rings. The lowest BCUT2D eigenvalue weighted by Gasteiger charge is -2.05. The molecule has 0 saturated heterocycles. The number of nitrogens with zero attached hydrogens (tertiary/aromatic N) is 1. The van der Waals surface area contributed by atoms with Crippen molar-refractivity contribution in [2.24, 2.45) is 7.05 Å². The molecule has 0 atom stereocenters. The predicted molar refractivity (Wildman–Crippen MR) is 79.3 cm³/mol. The van der Waals surface area contributed by atoms with Gasteiger partial charge in [0, 0.05) is 7.05 Å². The fraction of sp³-hybridized carbons (Fsp3) is 0.125. The Morgan fingerprint density at radius 2 is 1.95 bits per heavy atom. The number of amides is 1. The lowest BCUT2D eigenvalue weighted by Crippen LogP contribution is -2.25. The summed E-state index contributed by atoms with van der Waals surface area (Å²) in [5.74, 6) is 0.228. The Labute approximate surface area is 125 Å². The van der Waals surface area contributed by atoms with Crippen molar-refractivity contribution in [1.82, 2.24) is 10.1 Å². The van der Waals surface area contributed by atoms with Gasteiger partial charge in [-0.15, -0.1) is 0 Å². The van der Waals surface area contributed by atoms with Crippen LogP contribution in [0.25, 0.3) is 11.1 Å². The zero-order valence-corrected chi connectivity index (χ0v) is 11.9. The molecule has 1 aromatic carbocycles. The summed E-state index contributed by atoms with van der Waals surface area (Å²) in [6.07, 6.45) is 1.53. The van der Waals surface area contributed by atoms with Crippen molar-refractivity contribution in [3.05, 3.63) is 70.6 Å². The molecular formula is C16H14N2O4. The second-order valence-electron chi connectivity index (χ2n) is 4.73. The molecule has 22 heavy (non-hydrogen) atoms. The highest BCUT2D eigenvalue weighted by atomic mass is 16.5. The van der Waals surface area contributed by atoms with E-state index in [1.165, 1.54) is 18.1 Å². The Hall–Kier alpha value is -3.02. The average Bonchev–Trinajstić information content (AvgIpc) is 3.13. The molecule has 6 nitrogen and oxygen atoms in total. The van der Waals surface area contributed by atoms with Crippen LogP contribution in [0.2, 0.25) is 0 Å². The quantitative estimate of drug-likeness (QED) is 0.800. The molecule has 0 saturated carbocycles. The van der Waals surface area contributed by atoms with Crippen LogP contribution in [0.5, 0.6) is 0 Å². The van der Waals surface area contributed by atoms with Gasteiger partial charge < -0.3 is 14.3 Å². The van der Waals surface area contributed by atoms with Gasteiger partial charge in [-0.05, 0) is 17.7 Å². The van der Waals surface area contributed by atoms with Crippen LogP contribution in [-0.2, 0) is 13.6 Å². The summed E-state index contributed by atoms with van der Waals surface area (Å²) in [6, 6.07) is 12.5. The summed E-state index contributed by atoms with van der Waals surface area (Å²) in [4.78, 5) is 24.4. The first-order valence-corrected chi connectivity index (χ1v) is 6.73. The Morgan fingerprint density at radius 3 is 2.64 bits per heavy atom. The Balaban J connectivity index is 1.93. The van der Waals surface area contributed by atoms with Gasteiger partial charge in [-0.2, -0.15) is 0 Å². The molecule has 112 valence electrons. The number of carbonyl (C=O) groups excluding carboxylic acids is 1. The first kappa shape index (κ1) is 13.9. The largest absolute Gasteiger partial charge is 0.467 e. The molecule has 0 aliphatic rings. The molecule has 0 radical (unpaired) electrons. The van der Waals surface area contributed by atoms with Crippen LogP contribution in [0.1, 0.15) is 16.2 Å². The van der Waals surface area contributed by atoms with Gasteiger partial charge in [-0.3, -0.25) is 4.79 Å². The minimum Gasteiger partial charge on any atom is -0.467 e. The van der Waals surface area contributed by atoms with E-state index >= 15 is 0 Å². The molecule has 0 bridgehead atoms. The summed E-state index contributed by atoms with van der Waals surface area (Å²) in [6.45, 7) is 0.236. The molecule has 1 amide bonds. The summed E-state index contributed by atoms with van der Waals surface area (Å²) >= 11 is 0. The normalized spacial score (nSPS) is 10.6. The molecular weight excluding hydrogens is 284 g/mol. The van der Waals surface area contributed by atoms with Gasteiger partial charge in [-0.1, -0.05) is 30.3 Å². The van der Waals surface area contributed by atoms with Crippen molar-refractivity contribution in [2.75, 3.05) is 0 Å². The van der Waals surface area contributed by atoms with E-state index in [2.05, 4.69) is 5.32 Å². The molecule has 0 unspecified atom stereocenters. The maximum Gasteiger partial charge on any atom is 0.366 e. The molecule has 0 fully saturated rings. The maximum absolute atomic E-state index is 12.4. The number of hydrogen-bond donors (Lipinski definition) is 1. The van der Waals surface area contributed by atoms with Gasteiger partial charge in [0.2, 0.25) is 0 Å². The van der Waals surface area contributed by atoms with Crippen LogP contribution >= 0.6 is 0 Å². The standard InChI is InChI=1S/C16H14N2O4/c1-18-14(15(19)17-10-12-8-5-9-21-12)13(16(20)22-18)11-6-3-2-4-7-11/h2-9H,10H2,1H3,(H,17,19). The predicted octanol–water partition coefficient (Wildman–Crippen LogP) is 2.17. The van der Waals surface area contributed by atoms with Crippen molar-refractivity contribution < 1.29 is 13.7 Å². The third-order valence-corrected chi connectivity index (χ3v) is 3.26. The molecule has 1 N–H and O–H groups in total. The van der Waals surface area contributed by atoms with Crippen molar-refractivity contribution in [3.8, 4) is 11.1 Å². The van der Waals surface area contributed by atoms with Gasteiger partial charge >= 0.3 is 5.63 Å². The van der Waals surface area contributed by atoms with E-state index in [0.29, 0.717) is 11.3 Å². The van der Waals surface area contributed by atoms with Gasteiger partial charge in [0.15, 0.2) is 5.69 Å². The van der Waals surface area contributed by atoms with E-state index in [1.54, 1.807) is 36.4 Å². The van der Waals surface area contributed by atoms with Crippen LogP contribution < -0.4 is 10.9 Å². The first-order valence-electron chi connectivity index (χ1n) is 6.73. The highest BCUT2D eigenvalue weighted by Crippen LogP contribution is 2.20. The average molecular weight is 298 g/mol. The fourth-order valence-electron chi connectivity index (χ4n) is 2.25. The highest BCUT2D eigenvalue weighted by Gasteiger charge is 2.23. The second kappa shape index (κ2) is 5.77. The number of aryl methyl sites for hydroxylation is 1. The lowest BCUT2D eigenvalue weighted by atomic mass is 10.1. The fourth-order valence-corrected chi connectivity index (χ4v) is 2.25. The monoisotopic (exact) mass is 298 g/mol. The second-order valence-corrected chi connectivity index (χ2v) is 4.73. The SMILES string of the molecule is Cn1oc(=O)c(-c2ccccc2)c1C(=O)NCc1ccco1. The molecule has 0 aliphatic carbocycles. The van der Waals surface area contributed by atoms with Gasteiger partial charge in [-0.25, -0.2) is 9.53 Å². The Morgan fingerprint density at radius 1 is 1.18 bits per heavy atom. The van der Waals surface area contributed by atoms with Crippen molar-refractivity contribution >= 4 is 5.91 Å². The number of aromatic nitrogens is 1. The smallest absolute Gasteiger partial charge is 0.366 e. The number of benzene rings is 1. The van der Waals surface area contributed by atoms with Crippen LogP contribution in [-0.4, -0.2) is 10.6 Å². The van der Waals surface area contributed by atoms with Crippen LogP contribution in [0.15, 0.2) is 62.5 Å². The molecule has 2 aromatic heterocycles. The Bertz CT molecular complexity index is 829. The van der Waals surface area contributed by atoms with E-state index in [-0.39, 0.29) is 17.8 Å². The minimum absolute atomic E-state index is 0.183. The minimum atomic E-state index is -0.545. The zero-order chi connectivity index (χ0) is 15.5. The Kier molecular flexibility index (Phi) is 3.65. The van der Waals surface area contributed by atoms with Crippen molar-refractivity contribution in [1.29, 1.82) is 0 Å². The van der Waals surface area contributed by atoms with E-state index in [4.69, 9.17) is 8.94 Å². The number of carbonyl (C=O) groups is 1. The van der Waals surface area contributed by atoms with Crippen molar-refractivity contribution in [3.63, 3.8) is 0 Å². The summed E-state index contributed by atoms with van der Waals surface area (Å²) in [5, 5.41) is 2.71. The zero-order valence-electron chi connectivity index (χ0n) is 11.9. The third kappa shape index (κ3) is 2.58. The molecule has 3 rings (SSSR count). The summed E-state index contributed by atoms with van der Waals surface area (Å²) < 4.78 is 11.4. The van der Waals surface area contributed by atoms with Gasteiger partial charge in [0.1, 0.15) is 11.3 Å². The first-order chi connectivity index (χ1) is 10.7. The van der Waals surface area contributed by atoms with Gasteiger partial charge in [0.05, 0.1) is 12.8 Å².